The molecule has 0 atom stereocenters. The van der Waals surface area contributed by atoms with Crippen molar-refractivity contribution in [3.63, 3.8) is 0 Å². The molecular weight excluding hydrogens is 225 g/mol. The highest BCUT2D eigenvalue weighted by atomic mass is 19.4. The molecule has 0 unspecified atom stereocenters. The van der Waals surface area contributed by atoms with Crippen molar-refractivity contribution in [2.45, 2.75) is 19.3 Å². The van der Waals surface area contributed by atoms with Crippen LogP contribution in [0.3, 0.4) is 0 Å². The van der Waals surface area contributed by atoms with Crippen molar-refractivity contribution in [1.29, 1.82) is 0 Å². The first-order chi connectivity index (χ1) is 5.44. The van der Waals surface area contributed by atoms with Crippen LogP contribution in [0.5, 0.6) is 0 Å². The number of hydrogen-bond donors (Lipinski definition) is 1. The third-order valence-corrected chi connectivity index (χ3v) is 1.56. The van der Waals surface area contributed by atoms with E-state index in [0.29, 0.717) is 0 Å². The molecule has 0 aromatic rings. The molecule has 1 N–H and O–H groups in total. The van der Waals surface area contributed by atoms with Crippen LogP contribution < -0.4 is 4.70 Å². The first kappa shape index (κ1) is 15.5. The van der Waals surface area contributed by atoms with Crippen molar-refractivity contribution in [1.82, 2.24) is 0 Å². The number of hydrogen-bond acceptors (Lipinski definition) is 1. The van der Waals surface area contributed by atoms with Crippen LogP contribution in [0.4, 0.5) is 26.3 Å². The van der Waals surface area contributed by atoms with E-state index >= 15 is 0 Å². The van der Waals surface area contributed by atoms with Crippen LogP contribution >= 0.6 is 0 Å². The number of rotatable bonds is 1. The Kier molecular flexibility index (Phi) is 3.99. The molecule has 0 bridgehead atoms. The summed E-state index contributed by atoms with van der Waals surface area (Å²) in [5, 5.41) is 7.86. The van der Waals surface area contributed by atoms with Crippen molar-refractivity contribution in [3.8, 4) is 0 Å². The van der Waals surface area contributed by atoms with E-state index in [9.17, 15) is 31.1 Å². The largest absolute Gasteiger partial charge is 1.00 e. The molecule has 0 rings (SSSR count). The molecule has 2 nitrogen and oxygen atoms in total. The van der Waals surface area contributed by atoms with Crippen molar-refractivity contribution in [3.05, 3.63) is 0 Å². The van der Waals surface area contributed by atoms with Gasteiger partial charge in [-0.1, -0.05) is 0 Å². The number of aliphatic carboxylic acids is 1. The summed E-state index contributed by atoms with van der Waals surface area (Å²) in [7, 11) is 0. The van der Waals surface area contributed by atoms with E-state index in [1.807, 2.05) is 0 Å². The second-order valence-corrected chi connectivity index (χ2v) is 2.43. The third-order valence-electron chi connectivity index (χ3n) is 1.56. The normalized spacial score (nSPS) is 13.4. The van der Waals surface area contributed by atoms with Gasteiger partial charge in [0, 0.05) is 0 Å². The van der Waals surface area contributed by atoms with Gasteiger partial charge in [0.05, 0.1) is 0 Å². The minimum absolute atomic E-state index is 0. The Morgan fingerprint density at radius 2 is 1.21 bits per heavy atom. The van der Waals surface area contributed by atoms with E-state index in [0.717, 1.165) is 0 Å². The van der Waals surface area contributed by atoms with Crippen LogP contribution in [0.2, 0.25) is 0 Å². The van der Waals surface area contributed by atoms with E-state index in [1.165, 1.54) is 0 Å². The Morgan fingerprint density at radius 1 is 1.00 bits per heavy atom. The quantitative estimate of drug-likeness (QED) is 0.598. The standard InChI is InChI=1S/C5H4F6O2.FH/c1-3(2(12)13,4(6,7)8)5(9,10)11;/h1H3,(H,12,13);1H/p-1. The summed E-state index contributed by atoms with van der Waals surface area (Å²) in [4.78, 5) is 9.87. The number of alkyl halides is 6. The van der Waals surface area contributed by atoms with E-state index in [4.69, 9.17) is 5.11 Å². The molecule has 86 valence electrons. The highest BCUT2D eigenvalue weighted by Gasteiger charge is 2.72. The van der Waals surface area contributed by atoms with E-state index in [2.05, 4.69) is 0 Å². The summed E-state index contributed by atoms with van der Waals surface area (Å²) in [5.41, 5.74) is -4.71. The molecule has 0 spiro atoms. The van der Waals surface area contributed by atoms with Crippen LogP contribution in [0.25, 0.3) is 0 Å². The maximum absolute atomic E-state index is 11.8. The summed E-state index contributed by atoms with van der Waals surface area (Å²) in [6, 6.07) is 0. The molecule has 0 saturated carbocycles. The van der Waals surface area contributed by atoms with Crippen LogP contribution in [-0.2, 0) is 4.79 Å². The molecule has 0 aromatic carbocycles. The first-order valence-corrected chi connectivity index (χ1v) is 2.81. The van der Waals surface area contributed by atoms with Gasteiger partial charge in [0.15, 0.2) is 0 Å². The zero-order valence-electron chi connectivity index (χ0n) is 6.50. The summed E-state index contributed by atoms with van der Waals surface area (Å²) in [6.07, 6.45) is -11.7. The van der Waals surface area contributed by atoms with Gasteiger partial charge in [0.2, 0.25) is 0 Å². The Hall–Kier alpha value is -1.02. The summed E-state index contributed by atoms with van der Waals surface area (Å²) in [6.45, 7) is -0.421. The summed E-state index contributed by atoms with van der Waals surface area (Å²) >= 11 is 0. The highest BCUT2D eigenvalue weighted by molar-refractivity contribution is 5.76. The first-order valence-electron chi connectivity index (χ1n) is 2.81. The molecule has 0 aromatic heterocycles. The maximum Gasteiger partial charge on any atom is 0.413 e. The van der Waals surface area contributed by atoms with Crippen LogP contribution in [0.15, 0.2) is 0 Å². The predicted molar refractivity (Wildman–Crippen MR) is 27.9 cm³/mol. The van der Waals surface area contributed by atoms with Gasteiger partial charge in [-0.2, -0.15) is 26.3 Å². The van der Waals surface area contributed by atoms with Gasteiger partial charge in [-0.25, -0.2) is 0 Å². The molecule has 0 aliphatic carbocycles. The topological polar surface area (TPSA) is 37.3 Å². The number of carboxylic acids is 1. The molecule has 0 heterocycles. The number of halogens is 7. The van der Waals surface area contributed by atoms with E-state index in [-0.39, 0.29) is 4.70 Å². The van der Waals surface area contributed by atoms with Gasteiger partial charge in [-0.05, 0) is 6.92 Å². The minimum Gasteiger partial charge on any atom is -1.00 e. The van der Waals surface area contributed by atoms with Gasteiger partial charge < -0.3 is 9.81 Å². The van der Waals surface area contributed by atoms with Crippen LogP contribution in [-0.4, -0.2) is 23.4 Å². The van der Waals surface area contributed by atoms with Crippen molar-refractivity contribution in [2.75, 3.05) is 0 Å². The molecule has 0 saturated heterocycles. The Labute approximate surface area is 72.9 Å². The summed E-state index contributed by atoms with van der Waals surface area (Å²) < 4.78 is 70.5. The molecule has 0 radical (unpaired) electrons. The lowest BCUT2D eigenvalue weighted by molar-refractivity contribution is -0.324. The zero-order chi connectivity index (χ0) is 11.1. The molecule has 9 heteroatoms. The van der Waals surface area contributed by atoms with Gasteiger partial charge in [-0.15, -0.1) is 0 Å². The Balaban J connectivity index is 0. The second-order valence-electron chi connectivity index (χ2n) is 2.43. The average Bonchev–Trinajstić information content (AvgIpc) is 1.80. The van der Waals surface area contributed by atoms with Crippen molar-refractivity contribution in [2.24, 2.45) is 5.41 Å². The lowest BCUT2D eigenvalue weighted by Crippen LogP contribution is -3.00. The fourth-order valence-corrected chi connectivity index (χ4v) is 0.403. The number of carbonyl (C=O) groups is 1. The minimum atomic E-state index is -5.86. The Bertz CT molecular complexity index is 201. The van der Waals surface area contributed by atoms with E-state index < -0.39 is 30.7 Å². The van der Waals surface area contributed by atoms with E-state index in [1.54, 1.807) is 0 Å². The van der Waals surface area contributed by atoms with Gasteiger partial charge in [0.25, 0.3) is 5.41 Å². The van der Waals surface area contributed by atoms with Gasteiger partial charge in [-0.3, -0.25) is 4.79 Å². The molecule has 14 heavy (non-hydrogen) atoms. The molecule has 0 amide bonds. The SMILES string of the molecule is CC(C(=O)O)(C(F)(F)F)C(F)(F)F.[F-]. The monoisotopic (exact) mass is 229 g/mol. The molecular formula is C5H4F7O2-. The van der Waals surface area contributed by atoms with Gasteiger partial charge >= 0.3 is 18.3 Å². The average molecular weight is 229 g/mol. The number of carboxylic acid groups (broad SMARTS) is 1. The summed E-state index contributed by atoms with van der Waals surface area (Å²) in [5.74, 6) is -2.97. The lowest BCUT2D eigenvalue weighted by atomic mass is 9.89. The van der Waals surface area contributed by atoms with Crippen molar-refractivity contribution < 1.29 is 40.9 Å². The van der Waals surface area contributed by atoms with Crippen LogP contribution in [0.1, 0.15) is 6.92 Å². The molecule has 0 aliphatic rings. The van der Waals surface area contributed by atoms with Crippen molar-refractivity contribution >= 4 is 5.97 Å². The fourth-order valence-electron chi connectivity index (χ4n) is 0.403. The maximum atomic E-state index is 11.8. The predicted octanol–water partition coefficient (Wildman–Crippen LogP) is -0.794. The smallest absolute Gasteiger partial charge is 0.413 e. The van der Waals surface area contributed by atoms with Gasteiger partial charge in [0.1, 0.15) is 0 Å². The highest BCUT2D eigenvalue weighted by Crippen LogP contribution is 2.49. The zero-order valence-corrected chi connectivity index (χ0v) is 6.50. The third kappa shape index (κ3) is 2.07. The molecule has 0 fully saturated rings. The Morgan fingerprint density at radius 3 is 1.21 bits per heavy atom. The molecule has 0 aliphatic heterocycles. The fraction of sp³-hybridized carbons (Fsp3) is 0.800. The second kappa shape index (κ2) is 3.62. The van der Waals surface area contributed by atoms with Crippen LogP contribution in [0, 0.1) is 5.41 Å². The lowest BCUT2D eigenvalue weighted by Gasteiger charge is -2.29.